The van der Waals surface area contributed by atoms with Gasteiger partial charge in [0.1, 0.15) is 17.5 Å². The highest BCUT2D eigenvalue weighted by molar-refractivity contribution is 7.90. The molecule has 1 aromatic carbocycles. The summed E-state index contributed by atoms with van der Waals surface area (Å²) in [5.74, 6) is -0.444. The zero-order valence-electron chi connectivity index (χ0n) is 15.1. The van der Waals surface area contributed by atoms with E-state index in [4.69, 9.17) is 4.74 Å². The largest absolute Gasteiger partial charge is 0.493 e. The van der Waals surface area contributed by atoms with Crippen LogP contribution in [0.5, 0.6) is 5.75 Å². The first-order valence-electron chi connectivity index (χ1n) is 8.61. The van der Waals surface area contributed by atoms with Crippen molar-refractivity contribution in [3.05, 3.63) is 48.5 Å². The minimum atomic E-state index is -3.29. The number of rotatable bonds is 6. The molecular weight excluding hydrogens is 386 g/mol. The lowest BCUT2D eigenvalue weighted by atomic mass is 10.1. The number of hydrogen-bond donors (Lipinski definition) is 3. The Morgan fingerprint density at radius 1 is 1.21 bits per heavy atom. The smallest absolute Gasteiger partial charge is 0.271 e. The maximum absolute atomic E-state index is 12.2. The highest BCUT2D eigenvalue weighted by atomic mass is 32.2. The summed E-state index contributed by atoms with van der Waals surface area (Å²) in [5.41, 5.74) is 0.120. The summed E-state index contributed by atoms with van der Waals surface area (Å²) in [5, 5.41) is 23.1. The van der Waals surface area contributed by atoms with Gasteiger partial charge in [0, 0.05) is 24.6 Å². The molecule has 0 spiro atoms. The molecule has 1 aliphatic carbocycles. The van der Waals surface area contributed by atoms with Crippen molar-refractivity contribution in [1.82, 2.24) is 15.3 Å². The Bertz CT molecular complexity index is 920. The molecular formula is C18H21N3O6S. The van der Waals surface area contributed by atoms with Gasteiger partial charge in [-0.05, 0) is 30.7 Å². The molecule has 10 heteroatoms. The van der Waals surface area contributed by atoms with Gasteiger partial charge in [-0.3, -0.25) is 9.78 Å². The number of aliphatic hydroxyl groups is 2. The molecule has 1 heterocycles. The number of carbonyl (C=O) groups is 1. The minimum absolute atomic E-state index is 0.105. The topological polar surface area (TPSA) is 139 Å². The van der Waals surface area contributed by atoms with Crippen molar-refractivity contribution in [2.75, 3.05) is 12.9 Å². The number of carbonyl (C=O) groups excluding carboxylic acids is 1. The lowest BCUT2D eigenvalue weighted by Gasteiger charge is -2.18. The number of ether oxygens (including phenoxy) is 1. The Balaban J connectivity index is 1.57. The molecule has 1 fully saturated rings. The molecule has 1 amide bonds. The van der Waals surface area contributed by atoms with Gasteiger partial charge in [-0.25, -0.2) is 13.4 Å². The summed E-state index contributed by atoms with van der Waals surface area (Å²) >= 11 is 0. The van der Waals surface area contributed by atoms with Gasteiger partial charge in [0.05, 0.1) is 29.8 Å². The fraction of sp³-hybridized carbons (Fsp3) is 0.389. The van der Waals surface area contributed by atoms with Crippen LogP contribution in [0.3, 0.4) is 0 Å². The molecule has 3 rings (SSSR count). The molecule has 1 saturated carbocycles. The number of aromatic nitrogens is 2. The predicted octanol–water partition coefficient (Wildman–Crippen LogP) is -0.201. The van der Waals surface area contributed by atoms with Crippen LogP contribution >= 0.6 is 0 Å². The number of nitrogens with zero attached hydrogens (tertiary/aromatic N) is 2. The van der Waals surface area contributed by atoms with Crippen molar-refractivity contribution in [2.45, 2.75) is 29.6 Å². The Morgan fingerprint density at radius 3 is 2.54 bits per heavy atom. The molecule has 4 atom stereocenters. The van der Waals surface area contributed by atoms with Crippen molar-refractivity contribution in [2.24, 2.45) is 5.92 Å². The van der Waals surface area contributed by atoms with E-state index in [1.54, 1.807) is 0 Å². The maximum Gasteiger partial charge on any atom is 0.271 e. The molecule has 2 aromatic rings. The van der Waals surface area contributed by atoms with Crippen molar-refractivity contribution in [1.29, 1.82) is 0 Å². The Kier molecular flexibility index (Phi) is 5.92. The van der Waals surface area contributed by atoms with Crippen LogP contribution in [0.1, 0.15) is 16.9 Å². The Labute approximate surface area is 162 Å². The number of aliphatic hydroxyl groups excluding tert-OH is 2. The van der Waals surface area contributed by atoms with Crippen LogP contribution < -0.4 is 10.1 Å². The molecule has 1 aliphatic rings. The highest BCUT2D eigenvalue weighted by Gasteiger charge is 2.42. The maximum atomic E-state index is 12.2. The van der Waals surface area contributed by atoms with E-state index in [1.807, 2.05) is 0 Å². The summed E-state index contributed by atoms with van der Waals surface area (Å²) in [7, 11) is -3.29. The number of benzene rings is 1. The Morgan fingerprint density at radius 2 is 1.93 bits per heavy atom. The standard InChI is InChI=1S/C18H21N3O6S/c1-28(25,26)13-4-2-12(3-5-13)27-10-11-8-14(17(23)16(11)22)21-18(24)15-9-19-6-7-20-15/h2-7,9,11,14,16-17,22-23H,8,10H2,1H3,(H,21,24). The van der Waals surface area contributed by atoms with E-state index in [1.165, 1.54) is 42.9 Å². The first kappa shape index (κ1) is 20.2. The lowest BCUT2D eigenvalue weighted by Crippen LogP contribution is -2.43. The molecule has 0 aliphatic heterocycles. The summed E-state index contributed by atoms with van der Waals surface area (Å²) in [6.45, 7) is 0.105. The van der Waals surface area contributed by atoms with Gasteiger partial charge in [-0.1, -0.05) is 0 Å². The number of hydrogen-bond acceptors (Lipinski definition) is 8. The third-order valence-electron chi connectivity index (χ3n) is 4.63. The fourth-order valence-electron chi connectivity index (χ4n) is 3.08. The average molecular weight is 407 g/mol. The molecule has 1 aromatic heterocycles. The zero-order chi connectivity index (χ0) is 20.3. The van der Waals surface area contributed by atoms with Crippen molar-refractivity contribution in [3.8, 4) is 5.75 Å². The molecule has 3 N–H and O–H groups in total. The van der Waals surface area contributed by atoms with E-state index in [9.17, 15) is 23.4 Å². The zero-order valence-corrected chi connectivity index (χ0v) is 15.9. The predicted molar refractivity (Wildman–Crippen MR) is 98.5 cm³/mol. The number of amides is 1. The average Bonchev–Trinajstić information content (AvgIpc) is 2.94. The second-order valence-corrected chi connectivity index (χ2v) is 8.72. The Hall–Kier alpha value is -2.56. The van der Waals surface area contributed by atoms with Gasteiger partial charge in [-0.2, -0.15) is 0 Å². The van der Waals surface area contributed by atoms with Crippen LogP contribution in [0, 0.1) is 5.92 Å². The van der Waals surface area contributed by atoms with Crippen LogP contribution in [0.2, 0.25) is 0 Å². The first-order valence-corrected chi connectivity index (χ1v) is 10.5. The normalized spacial score (nSPS) is 24.7. The van der Waals surface area contributed by atoms with Crippen molar-refractivity contribution < 1.29 is 28.2 Å². The van der Waals surface area contributed by atoms with Crippen LogP contribution in [-0.2, 0) is 9.84 Å². The molecule has 28 heavy (non-hydrogen) atoms. The minimum Gasteiger partial charge on any atom is -0.493 e. The summed E-state index contributed by atoms with van der Waals surface area (Å²) in [6, 6.07) is 5.29. The molecule has 150 valence electrons. The van der Waals surface area contributed by atoms with E-state index < -0.39 is 39.9 Å². The van der Waals surface area contributed by atoms with Crippen LogP contribution in [0.25, 0.3) is 0 Å². The third-order valence-corrected chi connectivity index (χ3v) is 5.76. The molecule has 0 bridgehead atoms. The van der Waals surface area contributed by atoms with Gasteiger partial charge in [0.15, 0.2) is 9.84 Å². The lowest BCUT2D eigenvalue weighted by molar-refractivity contribution is 0.00250. The fourth-order valence-corrected chi connectivity index (χ4v) is 3.71. The van der Waals surface area contributed by atoms with E-state index in [0.717, 1.165) is 6.26 Å². The quantitative estimate of drug-likeness (QED) is 0.598. The summed E-state index contributed by atoms with van der Waals surface area (Å²) in [4.78, 5) is 20.1. The van der Waals surface area contributed by atoms with E-state index in [0.29, 0.717) is 12.2 Å². The van der Waals surface area contributed by atoms with Crippen LogP contribution in [-0.4, -0.2) is 65.6 Å². The van der Waals surface area contributed by atoms with E-state index in [2.05, 4.69) is 15.3 Å². The second kappa shape index (κ2) is 8.21. The molecule has 0 radical (unpaired) electrons. The SMILES string of the molecule is CS(=O)(=O)c1ccc(OCC2CC(NC(=O)c3cnccn3)C(O)C2O)cc1. The molecule has 0 saturated heterocycles. The van der Waals surface area contributed by atoms with Crippen molar-refractivity contribution >= 4 is 15.7 Å². The molecule has 4 unspecified atom stereocenters. The molecule has 9 nitrogen and oxygen atoms in total. The van der Waals surface area contributed by atoms with Gasteiger partial charge in [0.25, 0.3) is 5.91 Å². The summed E-state index contributed by atoms with van der Waals surface area (Å²) in [6.07, 6.45) is 3.38. The monoisotopic (exact) mass is 407 g/mol. The van der Waals surface area contributed by atoms with E-state index >= 15 is 0 Å². The third kappa shape index (κ3) is 4.64. The van der Waals surface area contributed by atoms with Gasteiger partial charge in [-0.15, -0.1) is 0 Å². The number of sulfone groups is 1. The summed E-state index contributed by atoms with van der Waals surface area (Å²) < 4.78 is 28.6. The van der Waals surface area contributed by atoms with Gasteiger partial charge < -0.3 is 20.3 Å². The van der Waals surface area contributed by atoms with Gasteiger partial charge in [0.2, 0.25) is 0 Å². The second-order valence-electron chi connectivity index (χ2n) is 6.70. The van der Waals surface area contributed by atoms with Gasteiger partial charge >= 0.3 is 0 Å². The van der Waals surface area contributed by atoms with Crippen molar-refractivity contribution in [3.63, 3.8) is 0 Å². The van der Waals surface area contributed by atoms with Crippen LogP contribution in [0.15, 0.2) is 47.8 Å². The first-order chi connectivity index (χ1) is 13.3. The van der Waals surface area contributed by atoms with E-state index in [-0.39, 0.29) is 17.2 Å². The number of nitrogens with one attached hydrogen (secondary N) is 1. The highest BCUT2D eigenvalue weighted by Crippen LogP contribution is 2.28. The van der Waals surface area contributed by atoms with Crippen LogP contribution in [0.4, 0.5) is 0 Å².